The van der Waals surface area contributed by atoms with Gasteiger partial charge in [0.15, 0.2) is 5.96 Å². The van der Waals surface area contributed by atoms with Gasteiger partial charge in [-0.25, -0.2) is 14.5 Å². The van der Waals surface area contributed by atoms with Crippen LogP contribution in [0.3, 0.4) is 0 Å². The molecule has 14 nitrogen and oxygen atoms in total. The molecule has 3 heterocycles. The highest BCUT2D eigenvalue weighted by Gasteiger charge is 2.56. The molecule has 4 aliphatic rings. The zero-order chi connectivity index (χ0) is 27.1. The van der Waals surface area contributed by atoms with Crippen molar-refractivity contribution >= 4 is 35.5 Å². The van der Waals surface area contributed by atoms with E-state index < -0.39 is 5.97 Å². The molecule has 1 aromatic rings. The Morgan fingerprint density at radius 1 is 1.32 bits per heavy atom. The molecule has 15 heteroatoms. The number of carboxylic acid groups (broad SMARTS) is 1. The second-order valence-electron chi connectivity index (χ2n) is 10.7. The Balaban J connectivity index is 1.16. The van der Waals surface area contributed by atoms with E-state index in [4.69, 9.17) is 11.5 Å². The molecular weight excluding hydrogens is 512 g/mol. The van der Waals surface area contributed by atoms with Crippen LogP contribution >= 0.6 is 11.8 Å². The molecule has 3 fully saturated rings. The van der Waals surface area contributed by atoms with Gasteiger partial charge in [0.2, 0.25) is 11.8 Å². The minimum absolute atomic E-state index is 0.0192. The van der Waals surface area contributed by atoms with Crippen LogP contribution in [0.15, 0.2) is 21.8 Å². The predicted molar refractivity (Wildman–Crippen MR) is 138 cm³/mol. The fourth-order valence-electron chi connectivity index (χ4n) is 6.43. The number of allylic oxidation sites excluding steroid dienone is 1. The van der Waals surface area contributed by atoms with Crippen LogP contribution in [-0.2, 0) is 20.9 Å². The van der Waals surface area contributed by atoms with Crippen LogP contribution in [0.25, 0.3) is 0 Å². The van der Waals surface area contributed by atoms with Crippen molar-refractivity contribution in [2.45, 2.75) is 56.6 Å². The topological polar surface area (TPSA) is 207 Å². The third-order valence-electron chi connectivity index (χ3n) is 8.26. The number of rotatable bonds is 9. The fraction of sp³-hybridized carbons (Fsp3) is 0.696. The summed E-state index contributed by atoms with van der Waals surface area (Å²) in [5, 5.41) is 27.3. The fourth-order valence-corrected chi connectivity index (χ4v) is 7.99. The Kier molecular flexibility index (Phi) is 7.31. The van der Waals surface area contributed by atoms with Crippen LogP contribution in [0.2, 0.25) is 0 Å². The Morgan fingerprint density at radius 2 is 2.08 bits per heavy atom. The van der Waals surface area contributed by atoms with E-state index in [2.05, 4.69) is 38.1 Å². The van der Waals surface area contributed by atoms with Crippen molar-refractivity contribution in [2.24, 2.45) is 40.1 Å². The third-order valence-corrected chi connectivity index (χ3v) is 9.80. The van der Waals surface area contributed by atoms with Crippen LogP contribution < -0.4 is 22.1 Å². The van der Waals surface area contributed by atoms with Gasteiger partial charge in [-0.1, -0.05) is 6.92 Å². The van der Waals surface area contributed by atoms with E-state index in [1.165, 1.54) is 11.0 Å². The highest BCUT2D eigenvalue weighted by Crippen LogP contribution is 2.60. The maximum atomic E-state index is 12.9. The van der Waals surface area contributed by atoms with Gasteiger partial charge in [-0.2, -0.15) is 0 Å². The van der Waals surface area contributed by atoms with Gasteiger partial charge in [-0.05, 0) is 58.8 Å². The minimum Gasteiger partial charge on any atom is -0.478 e. The molecule has 0 radical (unpaired) electrons. The standard InChI is InChI=1S/C23H34N10O4S/c1-10-18-14(11(2)28-17(34)8-33-9-27-30-31-33)4-15(18)19(22(36)37)20(10)38-13-3-16(26-5-13)21(35)32-6-12(7-32)29-23(24)25/h9-16,18,26H,3-8H2,1-2H3,(H,28,34)(H,36,37)(H4,24,25,29)/t10-,11-,13+,14-,15?,16+,18-/m1/s1. The number of aromatic nitrogens is 4. The molecule has 206 valence electrons. The number of nitrogens with two attached hydrogens (primary N) is 2. The lowest BCUT2D eigenvalue weighted by Gasteiger charge is -2.47. The van der Waals surface area contributed by atoms with E-state index >= 15 is 0 Å². The number of nitrogens with one attached hydrogen (secondary N) is 2. The third kappa shape index (κ3) is 5.08. The highest BCUT2D eigenvalue weighted by atomic mass is 32.2. The number of amides is 2. The first-order valence-electron chi connectivity index (χ1n) is 12.9. The van der Waals surface area contributed by atoms with Crippen LogP contribution in [0.5, 0.6) is 0 Å². The number of tetrazole rings is 1. The number of aliphatic imine (C=N–C) groups is 1. The van der Waals surface area contributed by atoms with Crippen molar-refractivity contribution < 1.29 is 19.5 Å². The molecule has 38 heavy (non-hydrogen) atoms. The van der Waals surface area contributed by atoms with E-state index in [1.807, 2.05) is 6.92 Å². The summed E-state index contributed by atoms with van der Waals surface area (Å²) in [5.74, 6) is -0.594. The average Bonchev–Trinajstić information content (AvgIpc) is 3.51. The lowest BCUT2D eigenvalue weighted by Crippen LogP contribution is -2.57. The van der Waals surface area contributed by atoms with Crippen LogP contribution in [0, 0.1) is 23.7 Å². The average molecular weight is 547 g/mol. The molecule has 1 saturated carbocycles. The number of hydrogen-bond acceptors (Lipinski definition) is 9. The summed E-state index contributed by atoms with van der Waals surface area (Å²) < 4.78 is 1.36. The van der Waals surface area contributed by atoms with E-state index in [1.54, 1.807) is 16.7 Å². The summed E-state index contributed by atoms with van der Waals surface area (Å²) in [5.41, 5.74) is 11.3. The number of carboxylic acids is 1. The first-order valence-corrected chi connectivity index (χ1v) is 13.7. The number of aliphatic carboxylic acids is 1. The molecule has 2 aliphatic heterocycles. The Labute approximate surface area is 224 Å². The van der Waals surface area contributed by atoms with E-state index in [0.717, 1.165) is 11.3 Å². The summed E-state index contributed by atoms with van der Waals surface area (Å²) in [7, 11) is 0. The van der Waals surface area contributed by atoms with Gasteiger partial charge in [0, 0.05) is 30.9 Å². The summed E-state index contributed by atoms with van der Waals surface area (Å²) in [6.45, 7) is 5.75. The normalized spacial score (nSPS) is 31.3. The maximum Gasteiger partial charge on any atom is 0.332 e. The molecule has 7 N–H and O–H groups in total. The van der Waals surface area contributed by atoms with E-state index in [-0.39, 0.29) is 71.4 Å². The lowest BCUT2D eigenvalue weighted by atomic mass is 9.59. The van der Waals surface area contributed by atoms with Gasteiger partial charge in [0.1, 0.15) is 12.9 Å². The van der Waals surface area contributed by atoms with Gasteiger partial charge >= 0.3 is 5.97 Å². The van der Waals surface area contributed by atoms with Gasteiger partial charge in [0.05, 0.1) is 17.7 Å². The Hall–Kier alpha value is -3.20. The monoisotopic (exact) mass is 546 g/mol. The summed E-state index contributed by atoms with van der Waals surface area (Å²) in [6.07, 6.45) is 2.75. The quantitative estimate of drug-likeness (QED) is 0.175. The minimum atomic E-state index is -0.870. The van der Waals surface area contributed by atoms with Gasteiger partial charge in [-0.15, -0.1) is 16.9 Å². The molecule has 2 saturated heterocycles. The molecule has 5 rings (SSSR count). The number of hydrogen-bond donors (Lipinski definition) is 5. The molecule has 0 spiro atoms. The van der Waals surface area contributed by atoms with Crippen LogP contribution in [0.4, 0.5) is 0 Å². The van der Waals surface area contributed by atoms with Crippen LogP contribution in [-0.4, -0.2) is 97.0 Å². The Morgan fingerprint density at radius 3 is 2.74 bits per heavy atom. The van der Waals surface area contributed by atoms with Gasteiger partial charge in [-0.3, -0.25) is 9.59 Å². The molecule has 1 aromatic heterocycles. The number of fused-ring (bicyclic) bond motifs is 1. The number of thioether (sulfide) groups is 1. The summed E-state index contributed by atoms with van der Waals surface area (Å²) >= 11 is 1.60. The zero-order valence-electron chi connectivity index (χ0n) is 21.4. The number of guanidine groups is 1. The van der Waals surface area contributed by atoms with Crippen molar-refractivity contribution in [2.75, 3.05) is 19.6 Å². The zero-order valence-corrected chi connectivity index (χ0v) is 22.2. The van der Waals surface area contributed by atoms with Gasteiger partial charge in [0.25, 0.3) is 0 Å². The van der Waals surface area contributed by atoms with Crippen molar-refractivity contribution in [3.8, 4) is 0 Å². The van der Waals surface area contributed by atoms with E-state index in [9.17, 15) is 19.5 Å². The second-order valence-corrected chi connectivity index (χ2v) is 12.0. The molecule has 2 amide bonds. The molecule has 7 atom stereocenters. The molecular formula is C23H34N10O4S. The van der Waals surface area contributed by atoms with Crippen molar-refractivity contribution in [1.29, 1.82) is 0 Å². The summed E-state index contributed by atoms with van der Waals surface area (Å²) in [4.78, 5) is 44.4. The molecule has 0 bridgehead atoms. The first kappa shape index (κ1) is 26.4. The van der Waals surface area contributed by atoms with Crippen LogP contribution in [0.1, 0.15) is 26.7 Å². The van der Waals surface area contributed by atoms with E-state index in [0.29, 0.717) is 31.6 Å². The SMILES string of the molecule is C[C@@H](NC(=O)Cn1cnnn1)[C@H]1CC2C(C(=O)O)=C(S[C@@H]3CN[C@H](C(=O)N4CC(N=C(N)N)C4)C3)[C@H](C)[C@@H]21. The molecule has 1 unspecified atom stereocenters. The lowest BCUT2D eigenvalue weighted by molar-refractivity contribution is -0.137. The number of carbonyl (C=O) groups excluding carboxylic acids is 2. The smallest absolute Gasteiger partial charge is 0.332 e. The van der Waals surface area contributed by atoms with Gasteiger partial charge < -0.3 is 32.1 Å². The number of likely N-dealkylation sites (tertiary alicyclic amines) is 1. The molecule has 2 aliphatic carbocycles. The first-order chi connectivity index (χ1) is 18.1. The Bertz CT molecular complexity index is 1150. The number of nitrogens with zero attached hydrogens (tertiary/aromatic N) is 6. The van der Waals surface area contributed by atoms with Crippen molar-refractivity contribution in [3.63, 3.8) is 0 Å². The predicted octanol–water partition coefficient (Wildman–Crippen LogP) is -1.63. The second kappa shape index (κ2) is 10.5. The molecule has 0 aromatic carbocycles. The highest BCUT2D eigenvalue weighted by molar-refractivity contribution is 8.03. The van der Waals surface area contributed by atoms with Crippen molar-refractivity contribution in [1.82, 2.24) is 35.7 Å². The number of carbonyl (C=O) groups is 3. The maximum absolute atomic E-state index is 12.9. The largest absolute Gasteiger partial charge is 0.478 e. The summed E-state index contributed by atoms with van der Waals surface area (Å²) in [6, 6.07) is -0.442. The van der Waals surface area contributed by atoms with Crippen molar-refractivity contribution in [3.05, 3.63) is 16.8 Å².